The lowest BCUT2D eigenvalue weighted by Crippen LogP contribution is -2.17. The van der Waals surface area contributed by atoms with Crippen LogP contribution in [0.5, 0.6) is 0 Å². The molecule has 0 aromatic carbocycles. The molecule has 12 heavy (non-hydrogen) atoms. The van der Waals surface area contributed by atoms with Crippen molar-refractivity contribution < 1.29 is 0 Å². The minimum Gasteiger partial charge on any atom is -0.330 e. The van der Waals surface area contributed by atoms with Gasteiger partial charge in [0.15, 0.2) is 0 Å². The molecular formula is C7H15N5. The SMILES string of the molecule is C=NN(C=NC=N)CCCCN. The van der Waals surface area contributed by atoms with Crippen LogP contribution in [0.3, 0.4) is 0 Å². The van der Waals surface area contributed by atoms with E-state index in [2.05, 4.69) is 16.8 Å². The maximum Gasteiger partial charge on any atom is 0.113 e. The van der Waals surface area contributed by atoms with E-state index in [0.29, 0.717) is 6.54 Å². The van der Waals surface area contributed by atoms with Gasteiger partial charge in [-0.05, 0) is 19.4 Å². The third-order valence-corrected chi connectivity index (χ3v) is 1.30. The first-order chi connectivity index (χ1) is 5.85. The van der Waals surface area contributed by atoms with Crippen LogP contribution in [0, 0.1) is 5.41 Å². The second-order valence-electron chi connectivity index (χ2n) is 2.19. The molecule has 68 valence electrons. The quantitative estimate of drug-likeness (QED) is 0.248. The molecular weight excluding hydrogens is 154 g/mol. The van der Waals surface area contributed by atoms with Crippen LogP contribution in [-0.4, -0.2) is 37.5 Å². The fraction of sp³-hybridized carbons (Fsp3) is 0.571. The number of nitrogens with zero attached hydrogens (tertiary/aromatic N) is 3. The molecule has 0 unspecified atom stereocenters. The van der Waals surface area contributed by atoms with E-state index in [1.54, 1.807) is 5.01 Å². The lowest BCUT2D eigenvalue weighted by atomic mass is 10.3. The maximum atomic E-state index is 6.65. The van der Waals surface area contributed by atoms with Gasteiger partial charge in [-0.3, -0.25) is 10.4 Å². The number of rotatable bonds is 7. The first-order valence-corrected chi connectivity index (χ1v) is 3.80. The van der Waals surface area contributed by atoms with Crippen LogP contribution in [0.1, 0.15) is 12.8 Å². The summed E-state index contributed by atoms with van der Waals surface area (Å²) in [5.74, 6) is 0. The fourth-order valence-corrected chi connectivity index (χ4v) is 0.693. The summed E-state index contributed by atoms with van der Waals surface area (Å²) in [6, 6.07) is 0. The Labute approximate surface area is 72.5 Å². The summed E-state index contributed by atoms with van der Waals surface area (Å²) in [6.07, 6.45) is 4.35. The Morgan fingerprint density at radius 3 is 2.75 bits per heavy atom. The van der Waals surface area contributed by atoms with Gasteiger partial charge in [0.05, 0.1) is 0 Å². The number of nitrogens with one attached hydrogen (secondary N) is 1. The molecule has 0 aromatic heterocycles. The molecule has 5 nitrogen and oxygen atoms in total. The van der Waals surface area contributed by atoms with E-state index in [-0.39, 0.29) is 0 Å². The van der Waals surface area contributed by atoms with Gasteiger partial charge in [0, 0.05) is 13.3 Å². The lowest BCUT2D eigenvalue weighted by molar-refractivity contribution is 0.444. The van der Waals surface area contributed by atoms with Gasteiger partial charge >= 0.3 is 0 Å². The average Bonchev–Trinajstić information content (AvgIpc) is 2.11. The van der Waals surface area contributed by atoms with Crippen LogP contribution in [0.4, 0.5) is 0 Å². The van der Waals surface area contributed by atoms with Crippen LogP contribution in [0.25, 0.3) is 0 Å². The number of hydrogen-bond donors (Lipinski definition) is 2. The van der Waals surface area contributed by atoms with Crippen LogP contribution < -0.4 is 5.73 Å². The molecule has 0 aliphatic rings. The van der Waals surface area contributed by atoms with Crippen molar-refractivity contribution >= 4 is 19.4 Å². The average molecular weight is 169 g/mol. The number of aliphatic imine (C=N–C) groups is 1. The van der Waals surface area contributed by atoms with Gasteiger partial charge in [0.1, 0.15) is 12.7 Å². The molecule has 0 aromatic rings. The van der Waals surface area contributed by atoms with Gasteiger partial charge in [-0.15, -0.1) is 0 Å². The number of hydrogen-bond acceptors (Lipinski definition) is 3. The van der Waals surface area contributed by atoms with Gasteiger partial charge in [-0.2, -0.15) is 5.10 Å². The zero-order valence-electron chi connectivity index (χ0n) is 7.11. The van der Waals surface area contributed by atoms with Crippen LogP contribution in [-0.2, 0) is 0 Å². The first kappa shape index (κ1) is 10.8. The van der Waals surface area contributed by atoms with Gasteiger partial charge in [-0.1, -0.05) is 0 Å². The molecule has 0 radical (unpaired) electrons. The highest BCUT2D eigenvalue weighted by molar-refractivity contribution is 5.69. The molecule has 0 bridgehead atoms. The van der Waals surface area contributed by atoms with E-state index in [9.17, 15) is 0 Å². The summed E-state index contributed by atoms with van der Waals surface area (Å²) in [6.45, 7) is 4.81. The van der Waals surface area contributed by atoms with Gasteiger partial charge < -0.3 is 5.73 Å². The zero-order chi connectivity index (χ0) is 9.23. The van der Waals surface area contributed by atoms with E-state index in [4.69, 9.17) is 11.1 Å². The zero-order valence-corrected chi connectivity index (χ0v) is 7.11. The fourth-order valence-electron chi connectivity index (χ4n) is 0.693. The van der Waals surface area contributed by atoms with Crippen molar-refractivity contribution in [1.82, 2.24) is 5.01 Å². The molecule has 0 atom stereocenters. The second-order valence-corrected chi connectivity index (χ2v) is 2.19. The van der Waals surface area contributed by atoms with Crippen LogP contribution in [0.2, 0.25) is 0 Å². The Morgan fingerprint density at radius 2 is 2.25 bits per heavy atom. The summed E-state index contributed by atoms with van der Waals surface area (Å²) in [5.41, 5.74) is 5.32. The van der Waals surface area contributed by atoms with Crippen LogP contribution >= 0.6 is 0 Å². The molecule has 0 saturated heterocycles. The number of nitrogens with two attached hydrogens (primary N) is 1. The lowest BCUT2D eigenvalue weighted by Gasteiger charge is -2.10. The minimum absolute atomic E-state index is 0.687. The molecule has 0 spiro atoms. The van der Waals surface area contributed by atoms with E-state index in [1.807, 2.05) is 0 Å². The first-order valence-electron chi connectivity index (χ1n) is 3.80. The van der Waals surface area contributed by atoms with E-state index in [0.717, 1.165) is 25.7 Å². The summed E-state index contributed by atoms with van der Waals surface area (Å²) in [7, 11) is 0. The predicted molar refractivity (Wildman–Crippen MR) is 51.8 cm³/mol. The molecule has 0 heterocycles. The van der Waals surface area contributed by atoms with Crippen LogP contribution in [0.15, 0.2) is 10.1 Å². The van der Waals surface area contributed by atoms with Gasteiger partial charge in [-0.25, -0.2) is 4.99 Å². The van der Waals surface area contributed by atoms with Crippen molar-refractivity contribution in [2.45, 2.75) is 12.8 Å². The maximum absolute atomic E-state index is 6.65. The normalized spacial score (nSPS) is 10.1. The van der Waals surface area contributed by atoms with Crippen molar-refractivity contribution in [3.63, 3.8) is 0 Å². The highest BCUT2D eigenvalue weighted by atomic mass is 15.4. The third-order valence-electron chi connectivity index (χ3n) is 1.30. The minimum atomic E-state index is 0.687. The number of hydrazone groups is 1. The second kappa shape index (κ2) is 7.87. The van der Waals surface area contributed by atoms with Crippen molar-refractivity contribution in [3.05, 3.63) is 0 Å². The Bertz CT molecular complexity index is 154. The van der Waals surface area contributed by atoms with Crippen molar-refractivity contribution in [3.8, 4) is 0 Å². The Balaban J connectivity index is 3.59. The van der Waals surface area contributed by atoms with Gasteiger partial charge in [0.25, 0.3) is 0 Å². The van der Waals surface area contributed by atoms with E-state index >= 15 is 0 Å². The molecule has 5 heteroatoms. The van der Waals surface area contributed by atoms with Crippen molar-refractivity contribution in [1.29, 1.82) is 5.41 Å². The number of unbranched alkanes of at least 4 members (excludes halogenated alkanes) is 1. The highest BCUT2D eigenvalue weighted by Gasteiger charge is 1.93. The van der Waals surface area contributed by atoms with E-state index in [1.165, 1.54) is 6.34 Å². The Hall–Kier alpha value is -1.23. The highest BCUT2D eigenvalue weighted by Crippen LogP contribution is 1.91. The van der Waals surface area contributed by atoms with E-state index < -0.39 is 0 Å². The monoisotopic (exact) mass is 169 g/mol. The summed E-state index contributed by atoms with van der Waals surface area (Å²) >= 11 is 0. The van der Waals surface area contributed by atoms with Gasteiger partial charge in [0.2, 0.25) is 0 Å². The van der Waals surface area contributed by atoms with Crippen molar-refractivity contribution in [2.75, 3.05) is 13.1 Å². The molecule has 0 aliphatic heterocycles. The molecule has 3 N–H and O–H groups in total. The summed E-state index contributed by atoms with van der Waals surface area (Å²) in [4.78, 5) is 3.60. The molecule has 0 saturated carbocycles. The smallest absolute Gasteiger partial charge is 0.113 e. The Morgan fingerprint density at radius 1 is 1.50 bits per heavy atom. The largest absolute Gasteiger partial charge is 0.330 e. The molecule has 0 rings (SSSR count). The summed E-state index contributed by atoms with van der Waals surface area (Å²) in [5, 5.41) is 11.9. The standard InChI is InChI=1S/C7H15N5/c1-10-12(7-11-6-9)5-3-2-4-8/h6-7,9H,1-5,8H2. The molecule has 0 amide bonds. The predicted octanol–water partition coefficient (Wildman–Crippen LogP) is 0.278. The molecule has 0 aliphatic carbocycles. The third kappa shape index (κ3) is 5.55. The molecule has 0 fully saturated rings. The Kier molecular flexibility index (Phi) is 7.07. The summed E-state index contributed by atoms with van der Waals surface area (Å²) < 4.78 is 0. The van der Waals surface area contributed by atoms with Crippen molar-refractivity contribution in [2.24, 2.45) is 15.8 Å². The topological polar surface area (TPSA) is 77.8 Å².